The average Bonchev–Trinajstić information content (AvgIpc) is 2.73. The summed E-state index contributed by atoms with van der Waals surface area (Å²) in [4.78, 5) is 4.25. The Bertz CT molecular complexity index is 440. The van der Waals surface area contributed by atoms with Crippen molar-refractivity contribution < 1.29 is 4.74 Å². The molecule has 1 aliphatic rings. The zero-order valence-corrected chi connectivity index (χ0v) is 11.6. The van der Waals surface area contributed by atoms with Gasteiger partial charge in [0, 0.05) is 5.02 Å². The van der Waals surface area contributed by atoms with Gasteiger partial charge in [0.2, 0.25) is 0 Å². The summed E-state index contributed by atoms with van der Waals surface area (Å²) in [6, 6.07) is 8.58. The number of nitrogens with zero attached hydrogens (tertiary/aromatic N) is 1. The fraction of sp³-hybridized carbons (Fsp3) is 0.500. The lowest BCUT2D eigenvalue weighted by Crippen LogP contribution is -2.20. The van der Waals surface area contributed by atoms with E-state index in [1.165, 1.54) is 5.56 Å². The molecular weight excluding hydrogens is 248 g/mol. The molecule has 3 nitrogen and oxygen atoms in total. The quantitative estimate of drug-likeness (QED) is 0.910. The van der Waals surface area contributed by atoms with Crippen LogP contribution in [0.1, 0.15) is 32.3 Å². The summed E-state index contributed by atoms with van der Waals surface area (Å²) in [5, 5.41) is 0.774. The maximum absolute atomic E-state index is 5.91. The minimum absolute atomic E-state index is 0.109. The van der Waals surface area contributed by atoms with Crippen molar-refractivity contribution in [3.05, 3.63) is 34.9 Å². The molecule has 0 spiro atoms. The van der Waals surface area contributed by atoms with Gasteiger partial charge in [-0.2, -0.15) is 0 Å². The van der Waals surface area contributed by atoms with Crippen LogP contribution in [-0.2, 0) is 10.2 Å². The molecule has 98 valence electrons. The van der Waals surface area contributed by atoms with Crippen molar-refractivity contribution in [3.63, 3.8) is 0 Å². The lowest BCUT2D eigenvalue weighted by molar-refractivity contribution is 0.297. The van der Waals surface area contributed by atoms with E-state index in [2.05, 4.69) is 31.0 Å². The fourth-order valence-electron chi connectivity index (χ4n) is 2.16. The molecular formula is C14H19ClN2O. The Labute approximate surface area is 113 Å². The highest BCUT2D eigenvalue weighted by molar-refractivity contribution is 6.30. The van der Waals surface area contributed by atoms with Gasteiger partial charge in [-0.15, -0.1) is 0 Å². The van der Waals surface area contributed by atoms with E-state index in [0.29, 0.717) is 12.6 Å². The Kier molecular flexibility index (Phi) is 3.81. The molecule has 0 saturated heterocycles. The van der Waals surface area contributed by atoms with E-state index in [1.807, 2.05) is 12.1 Å². The van der Waals surface area contributed by atoms with Gasteiger partial charge in [-0.05, 0) is 36.0 Å². The highest BCUT2D eigenvalue weighted by Gasteiger charge is 2.24. The van der Waals surface area contributed by atoms with E-state index in [9.17, 15) is 0 Å². The highest BCUT2D eigenvalue weighted by Crippen LogP contribution is 2.30. The standard InChI is InChI=1S/C14H19ClN2O/c1-14(2,10-3-5-11(15)6-4-10)8-7-12-9-18-13(16)17-12/h3-6,12H,7-9H2,1-2H3,(H2,16,17). The molecule has 0 aliphatic carbocycles. The van der Waals surface area contributed by atoms with E-state index < -0.39 is 0 Å². The predicted molar refractivity (Wildman–Crippen MR) is 75.1 cm³/mol. The van der Waals surface area contributed by atoms with Gasteiger partial charge < -0.3 is 10.5 Å². The number of amidine groups is 1. The number of aliphatic imine (C=N–C) groups is 1. The zero-order chi connectivity index (χ0) is 13.2. The van der Waals surface area contributed by atoms with Crippen LogP contribution in [0.5, 0.6) is 0 Å². The van der Waals surface area contributed by atoms with Gasteiger partial charge in [-0.25, -0.2) is 4.99 Å². The molecule has 18 heavy (non-hydrogen) atoms. The van der Waals surface area contributed by atoms with Gasteiger partial charge in [-0.1, -0.05) is 37.6 Å². The summed E-state index contributed by atoms with van der Waals surface area (Å²) in [5.74, 6) is 0. The first-order valence-electron chi connectivity index (χ1n) is 6.19. The Balaban J connectivity index is 1.96. The number of nitrogens with two attached hydrogens (primary N) is 1. The summed E-state index contributed by atoms with van der Waals surface area (Å²) < 4.78 is 5.16. The first kappa shape index (κ1) is 13.2. The summed E-state index contributed by atoms with van der Waals surface area (Å²) in [6.45, 7) is 5.08. The van der Waals surface area contributed by atoms with Crippen molar-refractivity contribution in [2.24, 2.45) is 10.7 Å². The van der Waals surface area contributed by atoms with Crippen molar-refractivity contribution in [1.82, 2.24) is 0 Å². The van der Waals surface area contributed by atoms with Crippen LogP contribution >= 0.6 is 11.6 Å². The molecule has 2 N–H and O–H groups in total. The Morgan fingerprint density at radius 1 is 1.39 bits per heavy atom. The number of ether oxygens (including phenoxy) is 1. The Hall–Kier alpha value is -1.22. The monoisotopic (exact) mass is 266 g/mol. The van der Waals surface area contributed by atoms with E-state index in [1.54, 1.807) is 0 Å². The number of halogens is 1. The molecule has 1 aliphatic heterocycles. The lowest BCUT2D eigenvalue weighted by atomic mass is 9.80. The lowest BCUT2D eigenvalue weighted by Gasteiger charge is -2.26. The molecule has 2 rings (SSSR count). The molecule has 0 bridgehead atoms. The molecule has 1 heterocycles. The highest BCUT2D eigenvalue weighted by atomic mass is 35.5. The first-order chi connectivity index (χ1) is 8.47. The van der Waals surface area contributed by atoms with Crippen LogP contribution in [0.2, 0.25) is 5.02 Å². The van der Waals surface area contributed by atoms with Crippen LogP contribution in [-0.4, -0.2) is 18.7 Å². The van der Waals surface area contributed by atoms with Crippen molar-refractivity contribution in [2.45, 2.75) is 38.1 Å². The molecule has 0 fully saturated rings. The van der Waals surface area contributed by atoms with Crippen molar-refractivity contribution in [3.8, 4) is 0 Å². The summed E-state index contributed by atoms with van der Waals surface area (Å²) in [7, 11) is 0. The Morgan fingerprint density at radius 3 is 2.61 bits per heavy atom. The van der Waals surface area contributed by atoms with E-state index in [0.717, 1.165) is 17.9 Å². The van der Waals surface area contributed by atoms with Crippen LogP contribution < -0.4 is 5.73 Å². The van der Waals surface area contributed by atoms with Crippen LogP contribution in [0.3, 0.4) is 0 Å². The van der Waals surface area contributed by atoms with Crippen molar-refractivity contribution >= 4 is 17.6 Å². The molecule has 0 amide bonds. The third kappa shape index (κ3) is 3.16. The fourth-order valence-corrected chi connectivity index (χ4v) is 2.28. The second-order valence-corrected chi connectivity index (χ2v) is 5.80. The van der Waals surface area contributed by atoms with Gasteiger partial charge in [0.05, 0.1) is 6.04 Å². The van der Waals surface area contributed by atoms with E-state index in [4.69, 9.17) is 22.1 Å². The molecule has 0 saturated carbocycles. The second kappa shape index (κ2) is 5.19. The van der Waals surface area contributed by atoms with Crippen molar-refractivity contribution in [1.29, 1.82) is 0 Å². The number of benzene rings is 1. The predicted octanol–water partition coefficient (Wildman–Crippen LogP) is 3.11. The minimum atomic E-state index is 0.109. The Morgan fingerprint density at radius 2 is 2.06 bits per heavy atom. The number of hydrogen-bond acceptors (Lipinski definition) is 3. The molecule has 0 aromatic heterocycles. The SMILES string of the molecule is CC(C)(CCC1COC(N)=N1)c1ccc(Cl)cc1. The largest absolute Gasteiger partial charge is 0.463 e. The molecule has 0 radical (unpaired) electrons. The van der Waals surface area contributed by atoms with Gasteiger partial charge in [0.25, 0.3) is 6.02 Å². The molecule has 4 heteroatoms. The smallest absolute Gasteiger partial charge is 0.282 e. The first-order valence-corrected chi connectivity index (χ1v) is 6.57. The van der Waals surface area contributed by atoms with Crippen LogP contribution in [0.4, 0.5) is 0 Å². The molecule has 1 aromatic rings. The zero-order valence-electron chi connectivity index (χ0n) is 10.8. The third-order valence-corrected chi connectivity index (χ3v) is 3.71. The molecule has 1 aromatic carbocycles. The van der Waals surface area contributed by atoms with Gasteiger partial charge in [0.1, 0.15) is 6.61 Å². The molecule has 1 unspecified atom stereocenters. The second-order valence-electron chi connectivity index (χ2n) is 5.36. The van der Waals surface area contributed by atoms with Crippen LogP contribution in [0, 0.1) is 0 Å². The normalized spacial score (nSPS) is 19.5. The minimum Gasteiger partial charge on any atom is -0.463 e. The van der Waals surface area contributed by atoms with Gasteiger partial charge in [0.15, 0.2) is 0 Å². The maximum atomic E-state index is 5.91. The topological polar surface area (TPSA) is 47.6 Å². The summed E-state index contributed by atoms with van der Waals surface area (Å²) >= 11 is 5.91. The number of rotatable bonds is 4. The number of hydrogen-bond donors (Lipinski definition) is 1. The summed E-state index contributed by atoms with van der Waals surface area (Å²) in [6.07, 6.45) is 2.02. The van der Waals surface area contributed by atoms with E-state index >= 15 is 0 Å². The van der Waals surface area contributed by atoms with Crippen LogP contribution in [0.15, 0.2) is 29.3 Å². The molecule has 1 atom stereocenters. The van der Waals surface area contributed by atoms with Crippen LogP contribution in [0.25, 0.3) is 0 Å². The van der Waals surface area contributed by atoms with E-state index in [-0.39, 0.29) is 11.5 Å². The maximum Gasteiger partial charge on any atom is 0.282 e. The third-order valence-electron chi connectivity index (χ3n) is 3.46. The average molecular weight is 267 g/mol. The van der Waals surface area contributed by atoms with Crippen molar-refractivity contribution in [2.75, 3.05) is 6.61 Å². The van der Waals surface area contributed by atoms with Gasteiger partial charge in [-0.3, -0.25) is 0 Å². The summed E-state index contributed by atoms with van der Waals surface area (Å²) in [5.41, 5.74) is 6.91. The van der Waals surface area contributed by atoms with Gasteiger partial charge >= 0.3 is 0 Å².